The predicted molar refractivity (Wildman–Crippen MR) is 72.4 cm³/mol. The molecule has 0 saturated carbocycles. The van der Waals surface area contributed by atoms with Crippen LogP contribution in [-0.4, -0.2) is 11.1 Å². The highest BCUT2D eigenvalue weighted by Gasteiger charge is 2.14. The fraction of sp³-hybridized carbons (Fsp3) is 0.214. The van der Waals surface area contributed by atoms with Gasteiger partial charge in [-0.1, -0.05) is 23.7 Å². The molecule has 2 rings (SSSR count). The lowest BCUT2D eigenvalue weighted by Gasteiger charge is -2.13. The first kappa shape index (κ1) is 13.6. The Morgan fingerprint density at radius 2 is 2.26 bits per heavy atom. The summed E-state index contributed by atoms with van der Waals surface area (Å²) in [5.41, 5.74) is 1.22. The van der Waals surface area contributed by atoms with Gasteiger partial charge in [-0.2, -0.15) is 0 Å². The molecule has 0 spiro atoms. The van der Waals surface area contributed by atoms with Crippen LogP contribution in [-0.2, 0) is 6.54 Å². The summed E-state index contributed by atoms with van der Waals surface area (Å²) in [6.07, 6.45) is 1.38. The van der Waals surface area contributed by atoms with Crippen LogP contribution in [0.15, 0.2) is 41.0 Å². The van der Waals surface area contributed by atoms with Gasteiger partial charge in [0, 0.05) is 11.1 Å². The zero-order valence-corrected chi connectivity index (χ0v) is 11.1. The molecule has 0 radical (unpaired) electrons. The van der Waals surface area contributed by atoms with Crippen LogP contribution in [0.2, 0.25) is 5.02 Å². The molecule has 19 heavy (non-hydrogen) atoms. The Balaban J connectivity index is 2.02. The molecule has 0 unspecified atom stereocenters. The monoisotopic (exact) mass is 279 g/mol. The number of benzene rings is 1. The Morgan fingerprint density at radius 1 is 1.47 bits per heavy atom. The van der Waals surface area contributed by atoms with Crippen molar-refractivity contribution in [2.45, 2.75) is 19.5 Å². The molecule has 100 valence electrons. The molecule has 1 aromatic heterocycles. The summed E-state index contributed by atoms with van der Waals surface area (Å²) in [7, 11) is 0. The highest BCUT2D eigenvalue weighted by Crippen LogP contribution is 2.18. The van der Waals surface area contributed by atoms with E-state index in [1.807, 2.05) is 31.2 Å². The second-order valence-electron chi connectivity index (χ2n) is 4.22. The van der Waals surface area contributed by atoms with E-state index in [4.69, 9.17) is 21.1 Å². The summed E-state index contributed by atoms with van der Waals surface area (Å²) in [5, 5.41) is 12.9. The molecular weight excluding hydrogens is 266 g/mol. The molecule has 0 fully saturated rings. The van der Waals surface area contributed by atoms with Gasteiger partial charge in [0.05, 0.1) is 12.8 Å². The van der Waals surface area contributed by atoms with Crippen molar-refractivity contribution in [2.75, 3.05) is 0 Å². The number of furan rings is 1. The summed E-state index contributed by atoms with van der Waals surface area (Å²) >= 11 is 5.93. The number of aromatic carboxylic acids is 1. The molecule has 0 aliphatic carbocycles. The summed E-state index contributed by atoms with van der Waals surface area (Å²) in [6.45, 7) is 2.33. The minimum absolute atomic E-state index is 0.0467. The van der Waals surface area contributed by atoms with E-state index in [-0.39, 0.29) is 11.6 Å². The molecule has 0 bridgehead atoms. The van der Waals surface area contributed by atoms with Gasteiger partial charge < -0.3 is 14.8 Å². The van der Waals surface area contributed by atoms with Gasteiger partial charge in [-0.15, -0.1) is 0 Å². The molecule has 1 heterocycles. The quantitative estimate of drug-likeness (QED) is 0.879. The Bertz CT molecular complexity index is 580. The molecule has 4 nitrogen and oxygen atoms in total. The second-order valence-corrected chi connectivity index (χ2v) is 4.66. The number of hydrogen-bond acceptors (Lipinski definition) is 3. The first-order valence-electron chi connectivity index (χ1n) is 5.86. The van der Waals surface area contributed by atoms with Crippen molar-refractivity contribution in [3.63, 3.8) is 0 Å². The molecule has 2 N–H and O–H groups in total. The van der Waals surface area contributed by atoms with Crippen molar-refractivity contribution in [1.82, 2.24) is 5.32 Å². The summed E-state index contributed by atoms with van der Waals surface area (Å²) in [6, 6.07) is 9.02. The molecule has 1 aromatic carbocycles. The van der Waals surface area contributed by atoms with Crippen molar-refractivity contribution < 1.29 is 14.3 Å². The number of carboxylic acids is 1. The smallest absolute Gasteiger partial charge is 0.339 e. The number of hydrogen-bond donors (Lipinski definition) is 2. The van der Waals surface area contributed by atoms with Gasteiger partial charge in [0.15, 0.2) is 0 Å². The van der Waals surface area contributed by atoms with Crippen LogP contribution in [0.5, 0.6) is 0 Å². The molecule has 2 aromatic rings. The van der Waals surface area contributed by atoms with E-state index in [1.165, 1.54) is 12.3 Å². The number of nitrogens with one attached hydrogen (secondary N) is 1. The minimum atomic E-state index is -0.985. The fourth-order valence-electron chi connectivity index (χ4n) is 1.81. The van der Waals surface area contributed by atoms with Crippen molar-refractivity contribution in [2.24, 2.45) is 0 Å². The number of rotatable bonds is 5. The Kier molecular flexibility index (Phi) is 4.24. The van der Waals surface area contributed by atoms with E-state index >= 15 is 0 Å². The molecule has 0 amide bonds. The van der Waals surface area contributed by atoms with Crippen LogP contribution in [0.1, 0.15) is 34.6 Å². The minimum Gasteiger partial charge on any atom is -0.478 e. The molecule has 0 aliphatic heterocycles. The topological polar surface area (TPSA) is 62.5 Å². The van der Waals surface area contributed by atoms with E-state index < -0.39 is 5.97 Å². The van der Waals surface area contributed by atoms with Gasteiger partial charge in [0.2, 0.25) is 0 Å². The lowest BCUT2D eigenvalue weighted by Crippen LogP contribution is -2.19. The molecular formula is C14H14ClNO3. The average Bonchev–Trinajstić information content (AvgIpc) is 2.84. The van der Waals surface area contributed by atoms with Crippen LogP contribution < -0.4 is 5.32 Å². The normalized spacial score (nSPS) is 12.3. The van der Waals surface area contributed by atoms with Gasteiger partial charge >= 0.3 is 5.97 Å². The second kappa shape index (κ2) is 5.91. The molecule has 0 saturated heterocycles. The molecule has 0 aliphatic rings. The van der Waals surface area contributed by atoms with Crippen LogP contribution in [0.3, 0.4) is 0 Å². The first-order chi connectivity index (χ1) is 9.08. The lowest BCUT2D eigenvalue weighted by molar-refractivity contribution is 0.0694. The van der Waals surface area contributed by atoms with Crippen LogP contribution in [0, 0.1) is 0 Å². The predicted octanol–water partition coefficient (Wildman–Crippen LogP) is 3.48. The fourth-order valence-corrected chi connectivity index (χ4v) is 2.01. The summed E-state index contributed by atoms with van der Waals surface area (Å²) < 4.78 is 5.17. The third-order valence-electron chi connectivity index (χ3n) is 2.89. The maximum Gasteiger partial charge on any atom is 0.339 e. The first-order valence-corrected chi connectivity index (χ1v) is 6.24. The SMILES string of the molecule is C[C@@H](NCc1occc1C(=O)O)c1cccc(Cl)c1. The van der Waals surface area contributed by atoms with Crippen molar-refractivity contribution in [3.8, 4) is 0 Å². The zero-order chi connectivity index (χ0) is 13.8. The van der Waals surface area contributed by atoms with E-state index in [1.54, 1.807) is 0 Å². The van der Waals surface area contributed by atoms with Crippen molar-refractivity contribution in [1.29, 1.82) is 0 Å². The number of carboxylic acid groups (broad SMARTS) is 1. The number of carbonyl (C=O) groups is 1. The lowest BCUT2D eigenvalue weighted by atomic mass is 10.1. The summed E-state index contributed by atoms with van der Waals surface area (Å²) in [4.78, 5) is 10.9. The van der Waals surface area contributed by atoms with E-state index in [0.717, 1.165) is 5.56 Å². The van der Waals surface area contributed by atoms with Gasteiger partial charge in [-0.3, -0.25) is 0 Å². The number of halogens is 1. The van der Waals surface area contributed by atoms with Crippen molar-refractivity contribution >= 4 is 17.6 Å². The zero-order valence-electron chi connectivity index (χ0n) is 10.4. The Morgan fingerprint density at radius 3 is 2.95 bits per heavy atom. The van der Waals surface area contributed by atoms with Crippen molar-refractivity contribution in [3.05, 3.63) is 58.5 Å². The molecule has 5 heteroatoms. The van der Waals surface area contributed by atoms with Gasteiger partial charge in [-0.25, -0.2) is 4.79 Å². The Hall–Kier alpha value is -1.78. The van der Waals surface area contributed by atoms with Gasteiger partial charge in [-0.05, 0) is 30.7 Å². The maximum absolute atomic E-state index is 10.9. The Labute approximate surface area is 116 Å². The van der Waals surface area contributed by atoms with Gasteiger partial charge in [0.25, 0.3) is 0 Å². The average molecular weight is 280 g/mol. The molecule has 1 atom stereocenters. The maximum atomic E-state index is 10.9. The third kappa shape index (κ3) is 3.36. The largest absolute Gasteiger partial charge is 0.478 e. The van der Waals surface area contributed by atoms with Gasteiger partial charge in [0.1, 0.15) is 11.3 Å². The van der Waals surface area contributed by atoms with E-state index in [9.17, 15) is 4.79 Å². The van der Waals surface area contributed by atoms with Crippen LogP contribution in [0.25, 0.3) is 0 Å². The van der Waals surface area contributed by atoms with E-state index in [2.05, 4.69) is 5.32 Å². The standard InChI is InChI=1S/C14H14ClNO3/c1-9(10-3-2-4-11(15)7-10)16-8-13-12(14(17)18)5-6-19-13/h2-7,9,16H,8H2,1H3,(H,17,18)/t9-/m1/s1. The highest BCUT2D eigenvalue weighted by atomic mass is 35.5. The third-order valence-corrected chi connectivity index (χ3v) is 3.13. The van der Waals surface area contributed by atoms with Crippen LogP contribution in [0.4, 0.5) is 0 Å². The van der Waals surface area contributed by atoms with Crippen LogP contribution >= 0.6 is 11.6 Å². The summed E-state index contributed by atoms with van der Waals surface area (Å²) in [5.74, 6) is -0.567. The van der Waals surface area contributed by atoms with E-state index in [0.29, 0.717) is 17.3 Å². The highest BCUT2D eigenvalue weighted by molar-refractivity contribution is 6.30.